The van der Waals surface area contributed by atoms with Crippen LogP contribution in [0.2, 0.25) is 0 Å². The Balaban J connectivity index is 2.06. The maximum absolute atomic E-state index is 2.34. The summed E-state index contributed by atoms with van der Waals surface area (Å²) < 4.78 is 0. The number of hydrogen-bond donors (Lipinski definition) is 0. The minimum Gasteiger partial charge on any atom is -0.0616 e. The van der Waals surface area contributed by atoms with Gasteiger partial charge in [-0.2, -0.15) is 0 Å². The molecule has 0 bridgehead atoms. The van der Waals surface area contributed by atoms with Crippen LogP contribution in [0, 0.1) is 0 Å². The lowest BCUT2D eigenvalue weighted by atomic mass is 9.84. The Morgan fingerprint density at radius 2 is 1.25 bits per heavy atom. The second kappa shape index (κ2) is 5.49. The van der Waals surface area contributed by atoms with Crippen molar-refractivity contribution in [2.45, 2.75) is 26.2 Å². The molecule has 0 nitrogen and oxygen atoms in total. The molecule has 0 spiro atoms. The summed E-state index contributed by atoms with van der Waals surface area (Å²) in [5.74, 6) is 0. The van der Waals surface area contributed by atoms with Crippen molar-refractivity contribution in [3.63, 3.8) is 0 Å². The predicted molar refractivity (Wildman–Crippen MR) is 106 cm³/mol. The largest absolute Gasteiger partial charge is 0.0616 e. The molecule has 0 amide bonds. The molecule has 0 radical (unpaired) electrons. The number of hydrogen-bond acceptors (Lipinski definition) is 0. The van der Waals surface area contributed by atoms with E-state index in [0.29, 0.717) is 0 Å². The molecule has 4 rings (SSSR count). The fourth-order valence-electron chi connectivity index (χ4n) is 3.45. The summed E-state index contributed by atoms with van der Waals surface area (Å²) in [6, 6.07) is 28.7. The third-order valence-electron chi connectivity index (χ3n) is 4.81. The second-order valence-corrected chi connectivity index (χ2v) is 7.52. The molecule has 4 aromatic rings. The zero-order valence-corrected chi connectivity index (χ0v) is 14.5. The highest BCUT2D eigenvalue weighted by Crippen LogP contribution is 2.36. The number of rotatable bonds is 1. The molecular formula is C24H22. The summed E-state index contributed by atoms with van der Waals surface area (Å²) in [5, 5.41) is 5.27. The molecular weight excluding hydrogens is 288 g/mol. The van der Waals surface area contributed by atoms with Crippen LogP contribution in [0.5, 0.6) is 0 Å². The van der Waals surface area contributed by atoms with Crippen LogP contribution in [0.25, 0.3) is 32.7 Å². The zero-order valence-electron chi connectivity index (χ0n) is 14.5. The first-order chi connectivity index (χ1) is 11.5. The van der Waals surface area contributed by atoms with Gasteiger partial charge in [-0.25, -0.2) is 0 Å². The second-order valence-electron chi connectivity index (χ2n) is 7.52. The van der Waals surface area contributed by atoms with Gasteiger partial charge in [0, 0.05) is 0 Å². The quantitative estimate of drug-likeness (QED) is 0.333. The molecule has 0 unspecified atom stereocenters. The van der Waals surface area contributed by atoms with Gasteiger partial charge in [-0.15, -0.1) is 0 Å². The molecule has 0 aliphatic rings. The highest BCUT2D eigenvalue weighted by molar-refractivity contribution is 6.13. The maximum Gasteiger partial charge on any atom is -0.00989 e. The van der Waals surface area contributed by atoms with Crippen molar-refractivity contribution in [2.24, 2.45) is 0 Å². The molecule has 0 aliphatic carbocycles. The molecule has 0 N–H and O–H groups in total. The molecule has 24 heavy (non-hydrogen) atoms. The van der Waals surface area contributed by atoms with Crippen LogP contribution in [0.3, 0.4) is 0 Å². The van der Waals surface area contributed by atoms with E-state index >= 15 is 0 Å². The average molecular weight is 310 g/mol. The van der Waals surface area contributed by atoms with E-state index in [4.69, 9.17) is 0 Å². The summed E-state index contributed by atoms with van der Waals surface area (Å²) in [6.45, 7) is 6.81. The molecule has 118 valence electrons. The SMILES string of the molecule is CC(C)(C)c1cccc(-c2cc3ccccc3c3ccccc23)c1. The molecule has 0 heterocycles. The Hall–Kier alpha value is -2.60. The summed E-state index contributed by atoms with van der Waals surface area (Å²) in [6.07, 6.45) is 0. The number of benzene rings is 4. The summed E-state index contributed by atoms with van der Waals surface area (Å²) in [4.78, 5) is 0. The first kappa shape index (κ1) is 15.0. The minimum atomic E-state index is 0.155. The van der Waals surface area contributed by atoms with Crippen LogP contribution in [-0.2, 0) is 5.41 Å². The van der Waals surface area contributed by atoms with E-state index in [9.17, 15) is 0 Å². The third kappa shape index (κ3) is 2.49. The van der Waals surface area contributed by atoms with Crippen molar-refractivity contribution in [3.8, 4) is 11.1 Å². The van der Waals surface area contributed by atoms with Crippen LogP contribution < -0.4 is 0 Å². The van der Waals surface area contributed by atoms with Crippen LogP contribution in [0.4, 0.5) is 0 Å². The van der Waals surface area contributed by atoms with E-state index in [0.717, 1.165) is 0 Å². The van der Waals surface area contributed by atoms with Gasteiger partial charge in [0.1, 0.15) is 0 Å². The summed E-state index contributed by atoms with van der Waals surface area (Å²) >= 11 is 0. The molecule has 0 atom stereocenters. The summed E-state index contributed by atoms with van der Waals surface area (Å²) in [7, 11) is 0. The molecule has 0 fully saturated rings. The fourth-order valence-corrected chi connectivity index (χ4v) is 3.45. The summed E-state index contributed by atoms with van der Waals surface area (Å²) in [5.41, 5.74) is 4.14. The van der Waals surface area contributed by atoms with Gasteiger partial charge in [0.05, 0.1) is 0 Å². The van der Waals surface area contributed by atoms with E-state index < -0.39 is 0 Å². The van der Waals surface area contributed by atoms with Gasteiger partial charge in [-0.1, -0.05) is 93.6 Å². The van der Waals surface area contributed by atoms with Crippen LogP contribution in [0.15, 0.2) is 78.9 Å². The first-order valence-corrected chi connectivity index (χ1v) is 8.55. The highest BCUT2D eigenvalue weighted by atomic mass is 14.2. The lowest BCUT2D eigenvalue weighted by Gasteiger charge is -2.20. The fraction of sp³-hybridized carbons (Fsp3) is 0.167. The highest BCUT2D eigenvalue weighted by Gasteiger charge is 2.15. The van der Waals surface area contributed by atoms with Crippen LogP contribution in [0.1, 0.15) is 26.3 Å². The topological polar surface area (TPSA) is 0 Å². The first-order valence-electron chi connectivity index (χ1n) is 8.55. The van der Waals surface area contributed by atoms with Crippen molar-refractivity contribution in [2.75, 3.05) is 0 Å². The Kier molecular flexibility index (Phi) is 3.42. The van der Waals surface area contributed by atoms with Crippen LogP contribution >= 0.6 is 0 Å². The van der Waals surface area contributed by atoms with Gasteiger partial charge < -0.3 is 0 Å². The standard InChI is InChI=1S/C24H22/c1-24(2,3)19-11-8-10-17(15-19)23-16-18-9-4-5-12-20(18)21-13-6-7-14-22(21)23/h4-16H,1-3H3. The molecule has 4 aromatic carbocycles. The van der Waals surface area contributed by atoms with Gasteiger partial charge in [-0.05, 0) is 49.7 Å². The molecule has 0 aliphatic heterocycles. The van der Waals surface area contributed by atoms with E-state index in [1.54, 1.807) is 0 Å². The lowest BCUT2D eigenvalue weighted by molar-refractivity contribution is 0.590. The van der Waals surface area contributed by atoms with E-state index in [1.165, 1.54) is 38.2 Å². The van der Waals surface area contributed by atoms with Gasteiger partial charge in [0.15, 0.2) is 0 Å². The van der Waals surface area contributed by atoms with Crippen molar-refractivity contribution < 1.29 is 0 Å². The smallest absolute Gasteiger partial charge is 0.00989 e. The maximum atomic E-state index is 2.34. The van der Waals surface area contributed by atoms with E-state index in [2.05, 4.69) is 99.6 Å². The monoisotopic (exact) mass is 310 g/mol. The molecule has 0 heteroatoms. The van der Waals surface area contributed by atoms with Crippen molar-refractivity contribution in [1.82, 2.24) is 0 Å². The van der Waals surface area contributed by atoms with Crippen molar-refractivity contribution in [3.05, 3.63) is 84.4 Å². The zero-order chi connectivity index (χ0) is 16.7. The third-order valence-corrected chi connectivity index (χ3v) is 4.81. The van der Waals surface area contributed by atoms with E-state index in [1.807, 2.05) is 0 Å². The lowest BCUT2D eigenvalue weighted by Crippen LogP contribution is -2.10. The molecule has 0 aromatic heterocycles. The molecule has 0 saturated heterocycles. The molecule has 0 saturated carbocycles. The Bertz CT molecular complexity index is 1030. The van der Waals surface area contributed by atoms with Gasteiger partial charge >= 0.3 is 0 Å². The minimum absolute atomic E-state index is 0.155. The predicted octanol–water partition coefficient (Wildman–Crippen LogP) is 6.96. The Morgan fingerprint density at radius 3 is 2.00 bits per heavy atom. The van der Waals surface area contributed by atoms with Crippen molar-refractivity contribution >= 4 is 21.5 Å². The number of fused-ring (bicyclic) bond motifs is 3. The van der Waals surface area contributed by atoms with Gasteiger partial charge in [-0.3, -0.25) is 0 Å². The van der Waals surface area contributed by atoms with Gasteiger partial charge in [0.2, 0.25) is 0 Å². The Morgan fingerprint density at radius 1 is 0.583 bits per heavy atom. The van der Waals surface area contributed by atoms with E-state index in [-0.39, 0.29) is 5.41 Å². The van der Waals surface area contributed by atoms with Gasteiger partial charge in [0.25, 0.3) is 0 Å². The average Bonchev–Trinajstić information content (AvgIpc) is 2.60. The Labute approximate surface area is 143 Å². The van der Waals surface area contributed by atoms with Crippen molar-refractivity contribution in [1.29, 1.82) is 0 Å². The van der Waals surface area contributed by atoms with Crippen LogP contribution in [-0.4, -0.2) is 0 Å². The normalized spacial score (nSPS) is 12.0.